The van der Waals surface area contributed by atoms with Gasteiger partial charge in [0, 0.05) is 11.4 Å². The largest absolute Gasteiger partial charge is 0.461 e. The summed E-state index contributed by atoms with van der Waals surface area (Å²) in [5.74, 6) is 1.12. The van der Waals surface area contributed by atoms with Crippen LogP contribution in [0, 0.1) is 4.77 Å². The molecule has 0 unspecified atom stereocenters. The molecule has 0 fully saturated rings. The molecule has 0 aliphatic rings. The molecule has 2 heterocycles. The summed E-state index contributed by atoms with van der Waals surface area (Å²) in [6.45, 7) is 0. The maximum atomic E-state index is 5.37. The number of H-pyrrole nitrogens is 1. The SMILES string of the molecule is S=c1[nH]nc(-c2ccco2)n1/N=C\c1ccc(Nc2ccccc2)cc1. The number of aromatic amines is 1. The van der Waals surface area contributed by atoms with Crippen molar-refractivity contribution < 1.29 is 4.42 Å². The second-order valence-corrected chi connectivity index (χ2v) is 5.89. The van der Waals surface area contributed by atoms with Crippen LogP contribution in [0.25, 0.3) is 11.6 Å². The van der Waals surface area contributed by atoms with Crippen LogP contribution < -0.4 is 5.32 Å². The molecule has 0 saturated carbocycles. The molecule has 128 valence electrons. The summed E-state index contributed by atoms with van der Waals surface area (Å²) in [6.07, 6.45) is 3.31. The normalized spacial score (nSPS) is 11.1. The van der Waals surface area contributed by atoms with E-state index in [2.05, 4.69) is 20.6 Å². The molecule has 4 rings (SSSR count). The highest BCUT2D eigenvalue weighted by Gasteiger charge is 2.10. The van der Waals surface area contributed by atoms with Gasteiger partial charge < -0.3 is 9.73 Å². The van der Waals surface area contributed by atoms with Gasteiger partial charge in [-0.3, -0.25) is 0 Å². The second kappa shape index (κ2) is 7.20. The summed E-state index contributed by atoms with van der Waals surface area (Å²) < 4.78 is 7.30. The number of nitrogens with zero attached hydrogens (tertiary/aromatic N) is 3. The predicted molar refractivity (Wildman–Crippen MR) is 104 cm³/mol. The molecule has 0 spiro atoms. The van der Waals surface area contributed by atoms with Crippen LogP contribution >= 0.6 is 12.2 Å². The van der Waals surface area contributed by atoms with Crippen LogP contribution in [-0.4, -0.2) is 21.1 Å². The lowest BCUT2D eigenvalue weighted by molar-refractivity contribution is 0.573. The van der Waals surface area contributed by atoms with Crippen LogP contribution in [0.2, 0.25) is 0 Å². The first-order valence-electron chi connectivity index (χ1n) is 7.97. The molecular formula is C19H15N5OS. The van der Waals surface area contributed by atoms with E-state index in [0.717, 1.165) is 16.9 Å². The lowest BCUT2D eigenvalue weighted by atomic mass is 10.2. The molecule has 2 N–H and O–H groups in total. The van der Waals surface area contributed by atoms with Gasteiger partial charge in [0.1, 0.15) is 0 Å². The van der Waals surface area contributed by atoms with E-state index in [1.54, 1.807) is 24.6 Å². The molecule has 26 heavy (non-hydrogen) atoms. The van der Waals surface area contributed by atoms with Crippen LogP contribution in [0.3, 0.4) is 0 Å². The molecule has 2 aromatic heterocycles. The zero-order valence-electron chi connectivity index (χ0n) is 13.7. The van der Waals surface area contributed by atoms with E-state index in [9.17, 15) is 0 Å². The molecule has 4 aromatic rings. The average Bonchev–Trinajstić information content (AvgIpc) is 3.32. The van der Waals surface area contributed by atoms with Crippen molar-refractivity contribution in [1.82, 2.24) is 14.9 Å². The molecule has 6 nitrogen and oxygen atoms in total. The Hall–Kier alpha value is -3.45. The third kappa shape index (κ3) is 3.47. The van der Waals surface area contributed by atoms with Gasteiger partial charge in [0.2, 0.25) is 10.6 Å². The van der Waals surface area contributed by atoms with E-state index >= 15 is 0 Å². The minimum Gasteiger partial charge on any atom is -0.461 e. The Bertz CT molecular complexity index is 1060. The summed E-state index contributed by atoms with van der Waals surface area (Å²) in [5.41, 5.74) is 2.99. The Labute approximate surface area is 154 Å². The smallest absolute Gasteiger partial charge is 0.219 e. The van der Waals surface area contributed by atoms with E-state index < -0.39 is 0 Å². The Morgan fingerprint density at radius 2 is 1.77 bits per heavy atom. The molecule has 0 amide bonds. The van der Waals surface area contributed by atoms with Crippen LogP contribution in [0.1, 0.15) is 5.56 Å². The Morgan fingerprint density at radius 1 is 1.00 bits per heavy atom. The van der Waals surface area contributed by atoms with Gasteiger partial charge in [0.25, 0.3) is 0 Å². The third-order valence-corrected chi connectivity index (χ3v) is 3.95. The zero-order valence-corrected chi connectivity index (χ0v) is 14.5. The summed E-state index contributed by atoms with van der Waals surface area (Å²) in [5, 5.41) is 14.7. The number of benzene rings is 2. The first-order valence-corrected chi connectivity index (χ1v) is 8.38. The van der Waals surface area contributed by atoms with Gasteiger partial charge in [0.05, 0.1) is 12.5 Å². The lowest BCUT2D eigenvalue weighted by Crippen LogP contribution is -1.95. The number of hydrogen-bond donors (Lipinski definition) is 2. The van der Waals surface area contributed by atoms with Crippen molar-refractivity contribution in [3.05, 3.63) is 83.3 Å². The number of aromatic nitrogens is 3. The maximum Gasteiger partial charge on any atom is 0.219 e. The predicted octanol–water partition coefficient (Wildman–Crippen LogP) is 4.83. The van der Waals surface area contributed by atoms with Gasteiger partial charge in [-0.15, -0.1) is 5.10 Å². The standard InChI is InChI=1S/C19H15N5OS/c26-19-23-22-18(17-7-4-12-25-17)24(19)20-13-14-8-10-16(11-9-14)21-15-5-2-1-3-6-15/h1-13,21H,(H,23,26)/b20-13-. The van der Waals surface area contributed by atoms with Crippen molar-refractivity contribution in [2.24, 2.45) is 5.10 Å². The number of nitrogens with one attached hydrogen (secondary N) is 2. The van der Waals surface area contributed by atoms with Crippen molar-refractivity contribution in [3.63, 3.8) is 0 Å². The highest BCUT2D eigenvalue weighted by atomic mass is 32.1. The van der Waals surface area contributed by atoms with Crippen molar-refractivity contribution in [2.45, 2.75) is 0 Å². The van der Waals surface area contributed by atoms with Crippen LogP contribution in [-0.2, 0) is 0 Å². The van der Waals surface area contributed by atoms with Crippen molar-refractivity contribution >= 4 is 29.8 Å². The Morgan fingerprint density at radius 3 is 2.50 bits per heavy atom. The van der Waals surface area contributed by atoms with E-state index in [0.29, 0.717) is 16.4 Å². The molecular weight excluding hydrogens is 346 g/mol. The average molecular weight is 361 g/mol. The minimum absolute atomic E-state index is 0.398. The monoisotopic (exact) mass is 361 g/mol. The van der Waals surface area contributed by atoms with Gasteiger partial charge in [-0.1, -0.05) is 30.3 Å². The number of rotatable bonds is 5. The number of hydrogen-bond acceptors (Lipinski definition) is 5. The fourth-order valence-corrected chi connectivity index (χ4v) is 2.61. The van der Waals surface area contributed by atoms with Gasteiger partial charge in [-0.05, 0) is 54.2 Å². The van der Waals surface area contributed by atoms with E-state index in [1.165, 1.54) is 4.68 Å². The molecule has 2 aromatic carbocycles. The molecule has 0 saturated heterocycles. The summed E-state index contributed by atoms with van der Waals surface area (Å²) >= 11 is 5.24. The summed E-state index contributed by atoms with van der Waals surface area (Å²) in [4.78, 5) is 0. The van der Waals surface area contributed by atoms with E-state index in [1.807, 2.05) is 54.6 Å². The molecule has 0 radical (unpaired) electrons. The van der Waals surface area contributed by atoms with Crippen molar-refractivity contribution in [1.29, 1.82) is 0 Å². The first kappa shape index (κ1) is 16.0. The Kier molecular flexibility index (Phi) is 4.44. The second-order valence-electron chi connectivity index (χ2n) is 5.50. The van der Waals surface area contributed by atoms with Crippen LogP contribution in [0.15, 0.2) is 82.5 Å². The third-order valence-electron chi connectivity index (χ3n) is 3.69. The molecule has 0 aliphatic carbocycles. The van der Waals surface area contributed by atoms with E-state index in [4.69, 9.17) is 16.6 Å². The molecule has 7 heteroatoms. The first-order chi connectivity index (χ1) is 12.8. The molecule has 0 bridgehead atoms. The zero-order chi connectivity index (χ0) is 17.8. The van der Waals surface area contributed by atoms with Crippen LogP contribution in [0.5, 0.6) is 0 Å². The lowest BCUT2D eigenvalue weighted by Gasteiger charge is -2.06. The van der Waals surface area contributed by atoms with Gasteiger partial charge in [-0.25, -0.2) is 5.10 Å². The highest BCUT2D eigenvalue weighted by Crippen LogP contribution is 2.18. The van der Waals surface area contributed by atoms with Gasteiger partial charge in [-0.2, -0.15) is 9.78 Å². The number of anilines is 2. The molecule has 0 atom stereocenters. The Balaban J connectivity index is 1.53. The van der Waals surface area contributed by atoms with Crippen molar-refractivity contribution in [2.75, 3.05) is 5.32 Å². The topological polar surface area (TPSA) is 71.1 Å². The quantitative estimate of drug-likeness (QED) is 0.395. The van der Waals surface area contributed by atoms with Crippen LogP contribution in [0.4, 0.5) is 11.4 Å². The van der Waals surface area contributed by atoms with Gasteiger partial charge >= 0.3 is 0 Å². The van der Waals surface area contributed by atoms with Crippen molar-refractivity contribution in [3.8, 4) is 11.6 Å². The fraction of sp³-hybridized carbons (Fsp3) is 0. The molecule has 0 aliphatic heterocycles. The number of para-hydroxylation sites is 1. The summed E-state index contributed by atoms with van der Waals surface area (Å²) in [7, 11) is 0. The minimum atomic E-state index is 0.398. The van der Waals surface area contributed by atoms with Gasteiger partial charge in [0.15, 0.2) is 5.76 Å². The maximum absolute atomic E-state index is 5.37. The highest BCUT2D eigenvalue weighted by molar-refractivity contribution is 7.71. The number of furan rings is 1. The fourth-order valence-electron chi connectivity index (χ4n) is 2.43. The van der Waals surface area contributed by atoms with E-state index in [-0.39, 0.29) is 0 Å². The summed E-state index contributed by atoms with van der Waals surface area (Å²) in [6, 6.07) is 21.6.